The van der Waals surface area contributed by atoms with Crippen LogP contribution < -0.4 is 10.6 Å². The number of aromatic nitrogens is 1. The summed E-state index contributed by atoms with van der Waals surface area (Å²) in [6.07, 6.45) is 5.18. The molecule has 6 heteroatoms. The van der Waals surface area contributed by atoms with Crippen molar-refractivity contribution >= 4 is 5.96 Å². The molecule has 1 aliphatic heterocycles. The molecule has 1 aromatic heterocycles. The smallest absolute Gasteiger partial charge is 0.191 e. The molecule has 128 valence electrons. The second-order valence-corrected chi connectivity index (χ2v) is 6.98. The van der Waals surface area contributed by atoms with E-state index < -0.39 is 0 Å². The highest BCUT2D eigenvalue weighted by Gasteiger charge is 2.31. The fourth-order valence-corrected chi connectivity index (χ4v) is 3.09. The van der Waals surface area contributed by atoms with Gasteiger partial charge in [-0.25, -0.2) is 0 Å². The van der Waals surface area contributed by atoms with E-state index >= 15 is 0 Å². The largest absolute Gasteiger partial charge is 0.359 e. The predicted molar refractivity (Wildman–Crippen MR) is 91.5 cm³/mol. The summed E-state index contributed by atoms with van der Waals surface area (Å²) in [7, 11) is 1.81. The molecule has 0 atom stereocenters. The van der Waals surface area contributed by atoms with Crippen LogP contribution in [-0.2, 0) is 6.54 Å². The summed E-state index contributed by atoms with van der Waals surface area (Å²) in [4.78, 5) is 6.96. The zero-order valence-corrected chi connectivity index (χ0v) is 14.5. The average molecular weight is 319 g/mol. The topological polar surface area (TPSA) is 65.7 Å². The normalized spacial score (nSPS) is 21.0. The quantitative estimate of drug-likeness (QED) is 0.643. The molecule has 23 heavy (non-hydrogen) atoms. The van der Waals surface area contributed by atoms with Gasteiger partial charge in [-0.1, -0.05) is 19.0 Å². The van der Waals surface area contributed by atoms with Crippen LogP contribution in [0.15, 0.2) is 15.6 Å². The highest BCUT2D eigenvalue weighted by atomic mass is 16.5. The molecular weight excluding hydrogens is 290 g/mol. The second kappa shape index (κ2) is 7.34. The Hall–Kier alpha value is -1.56. The molecule has 2 aliphatic rings. The summed E-state index contributed by atoms with van der Waals surface area (Å²) in [6, 6.07) is 3.41. The molecule has 0 spiro atoms. The van der Waals surface area contributed by atoms with Crippen LogP contribution in [0, 0.1) is 0 Å². The fourth-order valence-electron chi connectivity index (χ4n) is 3.09. The van der Waals surface area contributed by atoms with Gasteiger partial charge in [0.1, 0.15) is 0 Å². The van der Waals surface area contributed by atoms with E-state index in [-0.39, 0.29) is 0 Å². The molecule has 1 saturated carbocycles. The highest BCUT2D eigenvalue weighted by Crippen LogP contribution is 2.29. The lowest BCUT2D eigenvalue weighted by atomic mass is 10.1. The van der Waals surface area contributed by atoms with Gasteiger partial charge < -0.3 is 20.1 Å². The minimum Gasteiger partial charge on any atom is -0.359 e. The van der Waals surface area contributed by atoms with Crippen molar-refractivity contribution < 1.29 is 4.52 Å². The van der Waals surface area contributed by atoms with Gasteiger partial charge in [-0.15, -0.1) is 0 Å². The molecule has 0 radical (unpaired) electrons. The third-order valence-corrected chi connectivity index (χ3v) is 4.76. The lowest BCUT2D eigenvalue weighted by molar-refractivity contribution is 0.197. The standard InChI is InChI=1S/C17H29N5O/c1-12(2)16-10-15(23-21-16)11-19-17(18-3)20-13-6-8-22(9-7-13)14-4-5-14/h10,12-14H,4-9,11H2,1-3H3,(H2,18,19,20). The van der Waals surface area contributed by atoms with Crippen LogP contribution in [0.5, 0.6) is 0 Å². The van der Waals surface area contributed by atoms with Crippen molar-refractivity contribution in [1.82, 2.24) is 20.7 Å². The first-order valence-corrected chi connectivity index (χ1v) is 8.82. The first kappa shape index (κ1) is 16.3. The van der Waals surface area contributed by atoms with Gasteiger partial charge in [0.05, 0.1) is 12.2 Å². The number of hydrogen-bond acceptors (Lipinski definition) is 4. The number of nitrogens with zero attached hydrogens (tertiary/aromatic N) is 3. The zero-order chi connectivity index (χ0) is 16.2. The fraction of sp³-hybridized carbons (Fsp3) is 0.765. The van der Waals surface area contributed by atoms with Gasteiger partial charge in [0.25, 0.3) is 0 Å². The van der Waals surface area contributed by atoms with Gasteiger partial charge in [-0.2, -0.15) is 0 Å². The average Bonchev–Trinajstić information content (AvgIpc) is 3.29. The molecule has 0 amide bonds. The van der Waals surface area contributed by atoms with Crippen molar-refractivity contribution in [3.63, 3.8) is 0 Å². The Balaban J connectivity index is 1.42. The van der Waals surface area contributed by atoms with E-state index in [4.69, 9.17) is 4.52 Å². The maximum Gasteiger partial charge on any atom is 0.191 e. The summed E-state index contributed by atoms with van der Waals surface area (Å²) in [5.41, 5.74) is 0.997. The lowest BCUT2D eigenvalue weighted by Gasteiger charge is -2.33. The number of piperidine rings is 1. The van der Waals surface area contributed by atoms with Crippen LogP contribution in [-0.4, -0.2) is 48.2 Å². The Bertz CT molecular complexity index is 527. The molecule has 0 unspecified atom stereocenters. The Morgan fingerprint density at radius 1 is 1.35 bits per heavy atom. The van der Waals surface area contributed by atoms with Crippen LogP contribution in [0.4, 0.5) is 0 Å². The molecule has 1 aliphatic carbocycles. The molecule has 6 nitrogen and oxygen atoms in total. The number of aliphatic imine (C=N–C) groups is 1. The van der Waals surface area contributed by atoms with Crippen molar-refractivity contribution in [3.8, 4) is 0 Å². The Morgan fingerprint density at radius 3 is 2.65 bits per heavy atom. The molecular formula is C17H29N5O. The second-order valence-electron chi connectivity index (χ2n) is 6.98. The molecule has 0 bridgehead atoms. The van der Waals surface area contributed by atoms with Crippen molar-refractivity contribution in [3.05, 3.63) is 17.5 Å². The summed E-state index contributed by atoms with van der Waals surface area (Å²) in [5.74, 6) is 2.08. The van der Waals surface area contributed by atoms with Crippen molar-refractivity contribution in [2.24, 2.45) is 4.99 Å². The molecule has 2 heterocycles. The maximum absolute atomic E-state index is 5.36. The minimum absolute atomic E-state index is 0.390. The lowest BCUT2D eigenvalue weighted by Crippen LogP contribution is -2.48. The minimum atomic E-state index is 0.390. The van der Waals surface area contributed by atoms with E-state index in [9.17, 15) is 0 Å². The number of rotatable bonds is 5. The van der Waals surface area contributed by atoms with Crippen LogP contribution >= 0.6 is 0 Å². The first-order valence-electron chi connectivity index (χ1n) is 8.82. The van der Waals surface area contributed by atoms with Gasteiger partial charge in [0.15, 0.2) is 11.7 Å². The summed E-state index contributed by atoms with van der Waals surface area (Å²) in [5, 5.41) is 10.9. The van der Waals surface area contributed by atoms with Crippen molar-refractivity contribution in [2.75, 3.05) is 20.1 Å². The van der Waals surface area contributed by atoms with E-state index in [1.807, 2.05) is 13.1 Å². The monoisotopic (exact) mass is 319 g/mol. The molecule has 0 aromatic carbocycles. The van der Waals surface area contributed by atoms with Crippen molar-refractivity contribution in [1.29, 1.82) is 0 Å². The third kappa shape index (κ3) is 4.47. The van der Waals surface area contributed by atoms with Gasteiger partial charge in [-0.05, 0) is 31.6 Å². The Kier molecular flexibility index (Phi) is 5.20. The van der Waals surface area contributed by atoms with Gasteiger partial charge in [0, 0.05) is 38.3 Å². The summed E-state index contributed by atoms with van der Waals surface area (Å²) in [6.45, 7) is 7.26. The number of guanidine groups is 1. The molecule has 2 N–H and O–H groups in total. The first-order chi connectivity index (χ1) is 11.2. The molecule has 2 fully saturated rings. The van der Waals surface area contributed by atoms with Gasteiger partial charge in [-0.3, -0.25) is 4.99 Å². The number of nitrogens with one attached hydrogen (secondary N) is 2. The number of likely N-dealkylation sites (tertiary alicyclic amines) is 1. The zero-order valence-electron chi connectivity index (χ0n) is 14.5. The maximum atomic E-state index is 5.36. The summed E-state index contributed by atoms with van der Waals surface area (Å²) >= 11 is 0. The van der Waals surface area contributed by atoms with E-state index in [0.29, 0.717) is 18.5 Å². The summed E-state index contributed by atoms with van der Waals surface area (Å²) < 4.78 is 5.36. The van der Waals surface area contributed by atoms with E-state index in [2.05, 4.69) is 39.5 Å². The third-order valence-electron chi connectivity index (χ3n) is 4.76. The van der Waals surface area contributed by atoms with Crippen LogP contribution in [0.25, 0.3) is 0 Å². The van der Waals surface area contributed by atoms with Crippen molar-refractivity contribution in [2.45, 2.75) is 64.1 Å². The van der Waals surface area contributed by atoms with Crippen LogP contribution in [0.3, 0.4) is 0 Å². The molecule has 3 rings (SSSR count). The van der Waals surface area contributed by atoms with E-state index in [1.165, 1.54) is 38.8 Å². The Morgan fingerprint density at radius 2 is 2.09 bits per heavy atom. The predicted octanol–water partition coefficient (Wildman–Crippen LogP) is 2.09. The molecule has 1 saturated heterocycles. The van der Waals surface area contributed by atoms with Crippen LogP contribution in [0.1, 0.15) is 56.9 Å². The van der Waals surface area contributed by atoms with E-state index in [0.717, 1.165) is 23.5 Å². The van der Waals surface area contributed by atoms with Gasteiger partial charge >= 0.3 is 0 Å². The van der Waals surface area contributed by atoms with Crippen LogP contribution in [0.2, 0.25) is 0 Å². The van der Waals surface area contributed by atoms with Gasteiger partial charge in [0.2, 0.25) is 0 Å². The Labute approximate surface area is 138 Å². The number of hydrogen-bond donors (Lipinski definition) is 2. The SMILES string of the molecule is CN=C(NCc1cc(C(C)C)no1)NC1CCN(C2CC2)CC1. The highest BCUT2D eigenvalue weighted by molar-refractivity contribution is 5.79. The van der Waals surface area contributed by atoms with E-state index in [1.54, 1.807) is 0 Å². The molecule has 1 aromatic rings.